The van der Waals surface area contributed by atoms with Crippen LogP contribution in [0.4, 0.5) is 5.69 Å². The Kier molecular flexibility index (Phi) is 6.28. The molecule has 2 aromatic carbocycles. The van der Waals surface area contributed by atoms with E-state index < -0.39 is 14.9 Å². The number of benzene rings is 2. The summed E-state index contributed by atoms with van der Waals surface area (Å²) in [6, 6.07) is 10.9. The number of rotatable bonds is 8. The fraction of sp³-hybridized carbons (Fsp3) is 0.368. The van der Waals surface area contributed by atoms with Gasteiger partial charge >= 0.3 is 5.69 Å². The van der Waals surface area contributed by atoms with E-state index in [9.17, 15) is 18.5 Å². The lowest BCUT2D eigenvalue weighted by molar-refractivity contribution is -0.385. The first-order chi connectivity index (χ1) is 13.4. The van der Waals surface area contributed by atoms with E-state index in [-0.39, 0.29) is 16.3 Å². The van der Waals surface area contributed by atoms with Gasteiger partial charge in [-0.25, -0.2) is 8.42 Å². The molecule has 0 N–H and O–H groups in total. The second-order valence-electron chi connectivity index (χ2n) is 6.49. The highest BCUT2D eigenvalue weighted by molar-refractivity contribution is 7.89. The van der Waals surface area contributed by atoms with Crippen molar-refractivity contribution >= 4 is 15.7 Å². The van der Waals surface area contributed by atoms with Crippen LogP contribution in [0, 0.1) is 10.1 Å². The zero-order valence-electron chi connectivity index (χ0n) is 15.5. The fourth-order valence-corrected chi connectivity index (χ4v) is 4.57. The lowest BCUT2D eigenvalue weighted by Crippen LogP contribution is -2.27. The molecule has 2 aromatic rings. The van der Waals surface area contributed by atoms with E-state index in [1.54, 1.807) is 19.2 Å². The molecule has 1 aliphatic rings. The average molecular weight is 406 g/mol. The zero-order valence-corrected chi connectivity index (χ0v) is 16.4. The summed E-state index contributed by atoms with van der Waals surface area (Å²) in [5.41, 5.74) is 0.666. The third kappa shape index (κ3) is 4.49. The first kappa shape index (κ1) is 20.2. The van der Waals surface area contributed by atoms with E-state index in [1.165, 1.54) is 16.4 Å². The Morgan fingerprint density at radius 2 is 1.79 bits per heavy atom. The molecule has 28 heavy (non-hydrogen) atoms. The van der Waals surface area contributed by atoms with Crippen LogP contribution >= 0.6 is 0 Å². The highest BCUT2D eigenvalue weighted by Gasteiger charge is 2.30. The molecule has 0 bridgehead atoms. The van der Waals surface area contributed by atoms with Gasteiger partial charge in [0.2, 0.25) is 15.8 Å². The Hall–Kier alpha value is -2.49. The van der Waals surface area contributed by atoms with Crippen molar-refractivity contribution in [1.29, 1.82) is 0 Å². The molecule has 1 saturated heterocycles. The van der Waals surface area contributed by atoms with Crippen LogP contribution in [-0.4, -0.2) is 44.5 Å². The predicted octanol–water partition coefficient (Wildman–Crippen LogP) is 3.36. The lowest BCUT2D eigenvalue weighted by Gasteiger charge is -2.16. The van der Waals surface area contributed by atoms with Crippen molar-refractivity contribution in [2.45, 2.75) is 24.2 Å². The molecule has 1 fully saturated rings. The van der Waals surface area contributed by atoms with Gasteiger partial charge in [0, 0.05) is 26.3 Å². The summed E-state index contributed by atoms with van der Waals surface area (Å²) in [6.07, 6.45) is 2.34. The summed E-state index contributed by atoms with van der Waals surface area (Å²) in [5, 5.41) is 11.5. The Labute approximate surface area is 163 Å². The van der Waals surface area contributed by atoms with Crippen LogP contribution < -0.4 is 4.74 Å². The van der Waals surface area contributed by atoms with Gasteiger partial charge in [0.25, 0.3) is 0 Å². The van der Waals surface area contributed by atoms with Gasteiger partial charge in [0.05, 0.1) is 16.4 Å². The molecule has 0 spiro atoms. The summed E-state index contributed by atoms with van der Waals surface area (Å²) in [7, 11) is -2.11. The molecule has 0 amide bonds. The number of hydrogen-bond donors (Lipinski definition) is 0. The quantitative estimate of drug-likeness (QED) is 0.492. The number of hydrogen-bond acceptors (Lipinski definition) is 6. The highest BCUT2D eigenvalue weighted by atomic mass is 32.2. The van der Waals surface area contributed by atoms with Crippen LogP contribution in [0.2, 0.25) is 0 Å². The monoisotopic (exact) mass is 406 g/mol. The number of nitrogens with zero attached hydrogens (tertiary/aromatic N) is 2. The molecule has 9 heteroatoms. The minimum atomic E-state index is -3.74. The summed E-state index contributed by atoms with van der Waals surface area (Å²) in [4.78, 5) is 10.8. The van der Waals surface area contributed by atoms with Crippen molar-refractivity contribution < 1.29 is 22.8 Å². The van der Waals surface area contributed by atoms with Gasteiger partial charge in [-0.15, -0.1) is 0 Å². The molecule has 0 aromatic heterocycles. The van der Waals surface area contributed by atoms with Crippen LogP contribution in [0.15, 0.2) is 47.4 Å². The lowest BCUT2D eigenvalue weighted by atomic mass is 10.1. The molecular weight excluding hydrogens is 384 g/mol. The first-order valence-electron chi connectivity index (χ1n) is 8.96. The number of nitro groups is 1. The minimum Gasteiger partial charge on any atom is -0.450 e. The van der Waals surface area contributed by atoms with Crippen LogP contribution in [0.3, 0.4) is 0 Å². The summed E-state index contributed by atoms with van der Waals surface area (Å²) < 4.78 is 37.3. The molecule has 0 saturated carbocycles. The van der Waals surface area contributed by atoms with Crippen molar-refractivity contribution in [3.63, 3.8) is 0 Å². The van der Waals surface area contributed by atoms with Crippen LogP contribution in [-0.2, 0) is 21.2 Å². The van der Waals surface area contributed by atoms with Crippen molar-refractivity contribution in [3.8, 4) is 11.5 Å². The zero-order chi connectivity index (χ0) is 20.1. The first-order valence-corrected chi connectivity index (χ1v) is 10.4. The average Bonchev–Trinajstić information content (AvgIpc) is 3.23. The maximum absolute atomic E-state index is 12.7. The van der Waals surface area contributed by atoms with Gasteiger partial charge in [-0.1, -0.05) is 12.1 Å². The maximum atomic E-state index is 12.7. The second-order valence-corrected chi connectivity index (χ2v) is 8.42. The van der Waals surface area contributed by atoms with E-state index in [0.717, 1.165) is 30.9 Å². The van der Waals surface area contributed by atoms with E-state index >= 15 is 0 Å². The number of methoxy groups -OCH3 is 1. The molecule has 150 valence electrons. The van der Waals surface area contributed by atoms with Crippen molar-refractivity contribution in [2.24, 2.45) is 0 Å². The predicted molar refractivity (Wildman–Crippen MR) is 103 cm³/mol. The summed E-state index contributed by atoms with van der Waals surface area (Å²) >= 11 is 0. The van der Waals surface area contributed by atoms with E-state index in [2.05, 4.69) is 0 Å². The van der Waals surface area contributed by atoms with E-state index in [1.807, 2.05) is 12.1 Å². The summed E-state index contributed by atoms with van der Waals surface area (Å²) in [5.74, 6) is 0.425. The van der Waals surface area contributed by atoms with Gasteiger partial charge in [-0.05, 0) is 49.1 Å². The maximum Gasteiger partial charge on any atom is 0.312 e. The molecule has 0 aliphatic carbocycles. The fourth-order valence-electron chi connectivity index (χ4n) is 3.04. The van der Waals surface area contributed by atoms with Crippen LogP contribution in [0.5, 0.6) is 11.5 Å². The highest BCUT2D eigenvalue weighted by Crippen LogP contribution is 2.34. The second kappa shape index (κ2) is 8.68. The van der Waals surface area contributed by atoms with Gasteiger partial charge in [-0.2, -0.15) is 4.31 Å². The van der Waals surface area contributed by atoms with E-state index in [0.29, 0.717) is 25.4 Å². The summed E-state index contributed by atoms with van der Waals surface area (Å²) in [6.45, 7) is 1.46. The Morgan fingerprint density at radius 1 is 1.11 bits per heavy atom. The van der Waals surface area contributed by atoms with Crippen molar-refractivity contribution in [2.75, 3.05) is 26.8 Å². The number of sulfonamides is 1. The van der Waals surface area contributed by atoms with Crippen LogP contribution in [0.25, 0.3) is 0 Å². The Bertz CT molecular complexity index is 937. The molecule has 0 unspecified atom stereocenters. The normalized spacial score (nSPS) is 14.9. The standard InChI is InChI=1S/C19H22N2O6S/c1-26-13-10-15-4-6-16(7-5-15)27-19-9-8-17(14-18(19)21(22)23)28(24,25)20-11-2-3-12-20/h4-9,14H,2-3,10-13H2,1H3. The Morgan fingerprint density at radius 3 is 2.39 bits per heavy atom. The van der Waals surface area contributed by atoms with Gasteiger partial charge in [0.15, 0.2) is 0 Å². The molecule has 1 aliphatic heterocycles. The smallest absolute Gasteiger partial charge is 0.312 e. The number of ether oxygens (including phenoxy) is 2. The third-order valence-corrected chi connectivity index (χ3v) is 6.47. The van der Waals surface area contributed by atoms with E-state index in [4.69, 9.17) is 9.47 Å². The molecule has 8 nitrogen and oxygen atoms in total. The largest absolute Gasteiger partial charge is 0.450 e. The minimum absolute atomic E-state index is 0.00462. The Balaban J connectivity index is 1.84. The molecule has 0 radical (unpaired) electrons. The molecule has 1 heterocycles. The topological polar surface area (TPSA) is 99.0 Å². The third-order valence-electron chi connectivity index (χ3n) is 4.58. The van der Waals surface area contributed by atoms with Gasteiger partial charge in [-0.3, -0.25) is 10.1 Å². The molecule has 0 atom stereocenters. The van der Waals surface area contributed by atoms with Crippen molar-refractivity contribution in [3.05, 3.63) is 58.1 Å². The van der Waals surface area contributed by atoms with Gasteiger partial charge < -0.3 is 9.47 Å². The number of nitro benzene ring substituents is 1. The van der Waals surface area contributed by atoms with Crippen molar-refractivity contribution in [1.82, 2.24) is 4.31 Å². The molecule has 3 rings (SSSR count). The van der Waals surface area contributed by atoms with Gasteiger partial charge in [0.1, 0.15) is 5.75 Å². The van der Waals surface area contributed by atoms with Crippen LogP contribution in [0.1, 0.15) is 18.4 Å². The SMILES string of the molecule is COCCc1ccc(Oc2ccc(S(=O)(=O)N3CCCC3)cc2[N+](=O)[O-])cc1. The molecular formula is C19H22N2O6S.